The first-order valence-electron chi connectivity index (χ1n) is 5.18. The predicted octanol–water partition coefficient (Wildman–Crippen LogP) is 1.06. The molecule has 0 radical (unpaired) electrons. The predicted molar refractivity (Wildman–Crippen MR) is 58.5 cm³/mol. The van der Waals surface area contributed by atoms with Gasteiger partial charge >= 0.3 is 6.03 Å². The lowest BCUT2D eigenvalue weighted by atomic mass is 9.75. The largest absolute Gasteiger partial charge is 0.330 e. The molecule has 1 N–H and O–H groups in total. The molecule has 0 aromatic carbocycles. The van der Waals surface area contributed by atoms with Crippen molar-refractivity contribution in [2.75, 3.05) is 7.05 Å². The lowest BCUT2D eigenvalue weighted by Gasteiger charge is -2.37. The van der Waals surface area contributed by atoms with Gasteiger partial charge in [-0.05, 0) is 20.3 Å². The molecule has 0 unspecified atom stereocenters. The Morgan fingerprint density at radius 3 is 2.44 bits per heavy atom. The van der Waals surface area contributed by atoms with E-state index in [1.165, 1.54) is 7.05 Å². The van der Waals surface area contributed by atoms with E-state index in [4.69, 9.17) is 0 Å². The molecule has 1 heterocycles. The third-order valence-electron chi connectivity index (χ3n) is 3.22. The smallest absolute Gasteiger partial charge is 0.276 e. The minimum atomic E-state index is -1.22. The van der Waals surface area contributed by atoms with Crippen molar-refractivity contribution in [3.8, 4) is 0 Å². The average Bonchev–Trinajstić information content (AvgIpc) is 2.27. The van der Waals surface area contributed by atoms with E-state index >= 15 is 0 Å². The fourth-order valence-corrected chi connectivity index (χ4v) is 1.95. The molecule has 4 amide bonds. The molecule has 88 valence electrons. The first-order valence-corrected chi connectivity index (χ1v) is 5.18. The maximum Gasteiger partial charge on any atom is 0.330 e. The number of allylic oxidation sites excluding steroid dienone is 1. The van der Waals surface area contributed by atoms with Crippen molar-refractivity contribution in [2.45, 2.75) is 27.2 Å². The van der Waals surface area contributed by atoms with Gasteiger partial charge in [0.1, 0.15) is 5.41 Å². The van der Waals surface area contributed by atoms with Crippen LogP contribution in [0.25, 0.3) is 0 Å². The van der Waals surface area contributed by atoms with Crippen LogP contribution in [0.15, 0.2) is 11.6 Å². The molecule has 1 aliphatic rings. The number of amides is 4. The Bertz CT molecular complexity index is 387. The molecular weight excluding hydrogens is 208 g/mol. The Kier molecular flexibility index (Phi) is 3.16. The van der Waals surface area contributed by atoms with E-state index in [-0.39, 0.29) is 0 Å². The van der Waals surface area contributed by atoms with E-state index in [1.807, 2.05) is 0 Å². The number of urea groups is 1. The van der Waals surface area contributed by atoms with Gasteiger partial charge in [-0.2, -0.15) is 0 Å². The number of hydrogen-bond donors (Lipinski definition) is 1. The molecule has 0 aromatic heterocycles. The van der Waals surface area contributed by atoms with Crippen molar-refractivity contribution in [3.05, 3.63) is 11.6 Å². The quantitative estimate of drug-likeness (QED) is 0.563. The van der Waals surface area contributed by atoms with Gasteiger partial charge in [-0.3, -0.25) is 19.8 Å². The van der Waals surface area contributed by atoms with Crippen molar-refractivity contribution >= 4 is 17.8 Å². The lowest BCUT2D eigenvalue weighted by molar-refractivity contribution is -0.148. The van der Waals surface area contributed by atoms with Gasteiger partial charge in [-0.1, -0.05) is 18.6 Å². The first-order chi connectivity index (χ1) is 7.41. The highest BCUT2D eigenvalue weighted by atomic mass is 16.2. The molecule has 0 bridgehead atoms. The molecule has 5 nitrogen and oxygen atoms in total. The molecule has 0 aliphatic carbocycles. The minimum absolute atomic E-state index is 0.339. The standard InChI is InChI=1S/C11H16N2O3/c1-5-7(3)11(6-2)8(14)12-10(16)13(4)9(11)15/h5H,6H2,1-4H3,(H,12,14,16)/b7-5-/t11-/m1/s1. The molecule has 1 fully saturated rings. The monoisotopic (exact) mass is 224 g/mol. The summed E-state index contributed by atoms with van der Waals surface area (Å²) in [6.45, 7) is 5.25. The number of nitrogens with zero attached hydrogens (tertiary/aromatic N) is 1. The summed E-state index contributed by atoms with van der Waals surface area (Å²) < 4.78 is 0. The van der Waals surface area contributed by atoms with Gasteiger partial charge in [0, 0.05) is 7.05 Å². The summed E-state index contributed by atoms with van der Waals surface area (Å²) in [5.41, 5.74) is -0.561. The molecule has 0 saturated carbocycles. The van der Waals surface area contributed by atoms with Crippen LogP contribution in [0.1, 0.15) is 27.2 Å². The zero-order valence-electron chi connectivity index (χ0n) is 9.96. The van der Waals surface area contributed by atoms with Gasteiger partial charge in [0.25, 0.3) is 0 Å². The second-order valence-electron chi connectivity index (χ2n) is 3.85. The highest BCUT2D eigenvalue weighted by Gasteiger charge is 2.52. The zero-order valence-corrected chi connectivity index (χ0v) is 9.96. The first kappa shape index (κ1) is 12.4. The summed E-state index contributed by atoms with van der Waals surface area (Å²) in [5, 5.41) is 2.20. The molecule has 16 heavy (non-hydrogen) atoms. The highest BCUT2D eigenvalue weighted by Crippen LogP contribution is 2.35. The van der Waals surface area contributed by atoms with Gasteiger partial charge < -0.3 is 0 Å². The highest BCUT2D eigenvalue weighted by molar-refractivity contribution is 6.20. The number of imide groups is 2. The summed E-state index contributed by atoms with van der Waals surface area (Å²) in [5.74, 6) is -0.988. The number of hydrogen-bond acceptors (Lipinski definition) is 3. The van der Waals surface area contributed by atoms with Crippen LogP contribution in [-0.4, -0.2) is 29.8 Å². The van der Waals surface area contributed by atoms with E-state index in [2.05, 4.69) is 5.32 Å². The van der Waals surface area contributed by atoms with E-state index in [9.17, 15) is 14.4 Å². The van der Waals surface area contributed by atoms with Gasteiger partial charge in [0.15, 0.2) is 0 Å². The fourth-order valence-electron chi connectivity index (χ4n) is 1.95. The summed E-state index contributed by atoms with van der Waals surface area (Å²) in [6.07, 6.45) is 2.07. The number of barbiturate groups is 1. The van der Waals surface area contributed by atoms with E-state index < -0.39 is 23.3 Å². The van der Waals surface area contributed by atoms with Gasteiger partial charge in [-0.15, -0.1) is 0 Å². The van der Waals surface area contributed by atoms with Crippen LogP contribution in [0.5, 0.6) is 0 Å². The average molecular weight is 224 g/mol. The SMILES string of the molecule is C/C=C(/C)[C@]1(CC)C(=O)NC(=O)N(C)C1=O. The molecule has 0 aromatic rings. The molecular formula is C11H16N2O3. The normalized spacial score (nSPS) is 27.1. The van der Waals surface area contributed by atoms with Crippen LogP contribution < -0.4 is 5.32 Å². The summed E-state index contributed by atoms with van der Waals surface area (Å²) >= 11 is 0. The summed E-state index contributed by atoms with van der Waals surface area (Å²) in [6, 6.07) is -0.664. The van der Waals surface area contributed by atoms with Crippen LogP contribution in [0, 0.1) is 5.41 Å². The van der Waals surface area contributed by atoms with Crippen LogP contribution in [-0.2, 0) is 9.59 Å². The minimum Gasteiger partial charge on any atom is -0.276 e. The Labute approximate surface area is 94.5 Å². The van der Waals surface area contributed by atoms with Crippen molar-refractivity contribution in [1.29, 1.82) is 0 Å². The number of carbonyl (C=O) groups excluding carboxylic acids is 3. The van der Waals surface area contributed by atoms with Crippen LogP contribution in [0.4, 0.5) is 4.79 Å². The van der Waals surface area contributed by atoms with Crippen molar-refractivity contribution in [3.63, 3.8) is 0 Å². The molecule has 0 spiro atoms. The molecule has 1 aliphatic heterocycles. The third-order valence-corrected chi connectivity index (χ3v) is 3.22. The third kappa shape index (κ3) is 1.43. The molecule has 5 heteroatoms. The van der Waals surface area contributed by atoms with Gasteiger partial charge in [0.05, 0.1) is 0 Å². The van der Waals surface area contributed by atoms with Gasteiger partial charge in [0.2, 0.25) is 11.8 Å². The molecule has 1 saturated heterocycles. The Balaban J connectivity index is 3.33. The van der Waals surface area contributed by atoms with Crippen molar-refractivity contribution in [2.24, 2.45) is 5.41 Å². The van der Waals surface area contributed by atoms with E-state index in [0.717, 1.165) is 4.90 Å². The molecule has 1 atom stereocenters. The van der Waals surface area contributed by atoms with Crippen molar-refractivity contribution < 1.29 is 14.4 Å². The Morgan fingerprint density at radius 1 is 1.44 bits per heavy atom. The Hall–Kier alpha value is -1.65. The van der Waals surface area contributed by atoms with Gasteiger partial charge in [-0.25, -0.2) is 4.79 Å². The maximum absolute atomic E-state index is 12.1. The van der Waals surface area contributed by atoms with E-state index in [1.54, 1.807) is 26.8 Å². The fraction of sp³-hybridized carbons (Fsp3) is 0.545. The van der Waals surface area contributed by atoms with E-state index in [0.29, 0.717) is 12.0 Å². The molecule has 1 rings (SSSR count). The number of carbonyl (C=O) groups is 3. The number of rotatable bonds is 2. The Morgan fingerprint density at radius 2 is 2.00 bits per heavy atom. The summed E-state index contributed by atoms with van der Waals surface area (Å²) in [4.78, 5) is 36.2. The van der Waals surface area contributed by atoms with Crippen LogP contribution in [0.3, 0.4) is 0 Å². The zero-order chi connectivity index (χ0) is 12.5. The number of nitrogens with one attached hydrogen (secondary N) is 1. The second-order valence-corrected chi connectivity index (χ2v) is 3.85. The van der Waals surface area contributed by atoms with Crippen LogP contribution in [0.2, 0.25) is 0 Å². The maximum atomic E-state index is 12.1. The second kappa shape index (κ2) is 4.08. The topological polar surface area (TPSA) is 66.5 Å². The van der Waals surface area contributed by atoms with Crippen LogP contribution >= 0.6 is 0 Å². The van der Waals surface area contributed by atoms with Crippen molar-refractivity contribution in [1.82, 2.24) is 10.2 Å². The lowest BCUT2D eigenvalue weighted by Crippen LogP contribution is -2.62. The summed E-state index contributed by atoms with van der Waals surface area (Å²) in [7, 11) is 1.37.